The van der Waals surface area contributed by atoms with Crippen molar-refractivity contribution in [1.29, 1.82) is 0 Å². The molecule has 0 aliphatic carbocycles. The van der Waals surface area contributed by atoms with Crippen LogP contribution in [0.5, 0.6) is 0 Å². The molecule has 0 fully saturated rings. The second-order valence-corrected chi connectivity index (χ2v) is 2.92. The molecule has 1 heterocycles. The molecule has 0 bridgehead atoms. The third kappa shape index (κ3) is 5.82. The molecule has 1 aromatic rings. The summed E-state index contributed by atoms with van der Waals surface area (Å²) in [7, 11) is 0. The van der Waals surface area contributed by atoms with E-state index in [0.717, 1.165) is 0 Å². The summed E-state index contributed by atoms with van der Waals surface area (Å²) in [5.41, 5.74) is 0. The average molecular weight is 189 g/mol. The van der Waals surface area contributed by atoms with Crippen molar-refractivity contribution in [3.63, 3.8) is 0 Å². The molecule has 0 saturated carbocycles. The van der Waals surface area contributed by atoms with E-state index in [1.165, 1.54) is 11.5 Å². The van der Waals surface area contributed by atoms with Gasteiger partial charge in [-0.05, 0) is 17.6 Å². The van der Waals surface area contributed by atoms with Crippen molar-refractivity contribution in [2.24, 2.45) is 0 Å². The highest BCUT2D eigenvalue weighted by atomic mass is 32.1. The van der Waals surface area contributed by atoms with Gasteiger partial charge < -0.3 is 0 Å². The predicted octanol–water partition coefficient (Wildman–Crippen LogP) is 3.39. The largest absolute Gasteiger partial charge is 0.201 e. The fourth-order valence-corrected chi connectivity index (χ4v) is 1.06. The van der Waals surface area contributed by atoms with Crippen molar-refractivity contribution in [2.75, 3.05) is 0 Å². The second-order valence-electron chi connectivity index (χ2n) is 2.23. The summed E-state index contributed by atoms with van der Waals surface area (Å²) in [4.78, 5) is 0. The predicted molar refractivity (Wildman–Crippen MR) is 57.4 cm³/mol. The van der Waals surface area contributed by atoms with Gasteiger partial charge in [-0.25, -0.2) is 4.37 Å². The highest BCUT2D eigenvalue weighted by Gasteiger charge is 1.59. The fourth-order valence-electron chi connectivity index (χ4n) is 0.685. The van der Waals surface area contributed by atoms with Gasteiger partial charge in [0.2, 0.25) is 0 Å². The van der Waals surface area contributed by atoms with Crippen LogP contribution in [0.25, 0.3) is 0 Å². The molecular weight excluding hydrogens is 178 g/mol. The van der Waals surface area contributed by atoms with E-state index in [0.29, 0.717) is 0 Å². The molecule has 13 heavy (non-hydrogen) atoms. The molecule has 1 rings (SSSR count). The van der Waals surface area contributed by atoms with Gasteiger partial charge in [-0.3, -0.25) is 0 Å². The van der Waals surface area contributed by atoms with E-state index in [1.807, 2.05) is 60.0 Å². The van der Waals surface area contributed by atoms with Crippen LogP contribution in [0.3, 0.4) is 0 Å². The second kappa shape index (κ2) is 7.25. The maximum absolute atomic E-state index is 4.07. The van der Waals surface area contributed by atoms with Crippen molar-refractivity contribution in [3.8, 4) is 0 Å². The Morgan fingerprint density at radius 1 is 0.615 bits per heavy atom. The first kappa shape index (κ1) is 9.68. The van der Waals surface area contributed by atoms with Crippen LogP contribution in [0.1, 0.15) is 0 Å². The molecule has 0 unspecified atom stereocenters. The molecule has 0 radical (unpaired) electrons. The maximum atomic E-state index is 4.07. The van der Waals surface area contributed by atoms with Crippen LogP contribution in [0.4, 0.5) is 0 Å². The zero-order chi connectivity index (χ0) is 9.19. The van der Waals surface area contributed by atoms with Gasteiger partial charge in [0.05, 0.1) is 0 Å². The van der Waals surface area contributed by atoms with Crippen LogP contribution in [0, 0.1) is 0 Å². The third-order valence-corrected chi connectivity index (χ3v) is 1.76. The fraction of sp³-hybridized carbons (Fsp3) is 0. The third-order valence-electron chi connectivity index (χ3n) is 1.24. The topological polar surface area (TPSA) is 12.9 Å². The van der Waals surface area contributed by atoms with Crippen molar-refractivity contribution in [2.45, 2.75) is 0 Å². The lowest BCUT2D eigenvalue weighted by atomic mass is 10.4. The van der Waals surface area contributed by atoms with Crippen LogP contribution < -0.4 is 0 Å². The standard InChI is InChI=1S/C11H11NS/c1-2-4-6-8-10-12-13-11-9-7-5-3-1/h1-11H. The maximum Gasteiger partial charge on any atom is 0.0398 e. The lowest BCUT2D eigenvalue weighted by Crippen LogP contribution is -1.48. The number of rotatable bonds is 0. The molecule has 1 aromatic heterocycles. The van der Waals surface area contributed by atoms with E-state index >= 15 is 0 Å². The van der Waals surface area contributed by atoms with Crippen molar-refractivity contribution < 1.29 is 0 Å². The first-order valence-corrected chi connectivity index (χ1v) is 4.85. The molecule has 0 aromatic carbocycles. The Morgan fingerprint density at radius 2 is 1.15 bits per heavy atom. The van der Waals surface area contributed by atoms with Gasteiger partial charge >= 0.3 is 0 Å². The number of aromatic nitrogens is 1. The van der Waals surface area contributed by atoms with Crippen LogP contribution >= 0.6 is 11.5 Å². The van der Waals surface area contributed by atoms with Crippen LogP contribution in [-0.2, 0) is 0 Å². The molecular formula is C11H11NS. The van der Waals surface area contributed by atoms with Gasteiger partial charge in [0.1, 0.15) is 0 Å². The Balaban J connectivity index is 3.02. The minimum Gasteiger partial charge on any atom is -0.201 e. The summed E-state index contributed by atoms with van der Waals surface area (Å²) in [6.45, 7) is 0. The first-order valence-electron chi connectivity index (χ1n) is 4.01. The molecule has 66 valence electrons. The Labute approximate surface area is 82.5 Å². The Kier molecular flexibility index (Phi) is 5.40. The van der Waals surface area contributed by atoms with Crippen molar-refractivity contribution in [1.82, 2.24) is 4.37 Å². The summed E-state index contributed by atoms with van der Waals surface area (Å²) in [5, 5.41) is 1.93. The molecule has 0 spiro atoms. The molecule has 0 atom stereocenters. The number of hydrogen-bond donors (Lipinski definition) is 0. The first-order chi connectivity index (χ1) is 6.50. The quantitative estimate of drug-likeness (QED) is 0.609. The molecule has 1 nitrogen and oxygen atoms in total. The molecule has 2 heteroatoms. The molecule has 0 saturated heterocycles. The average Bonchev–Trinajstić information content (AvgIpc) is 2.18. The summed E-state index contributed by atoms with van der Waals surface area (Å²) in [5.74, 6) is 0. The van der Waals surface area contributed by atoms with Gasteiger partial charge in [0.15, 0.2) is 0 Å². The van der Waals surface area contributed by atoms with Gasteiger partial charge in [0, 0.05) is 11.6 Å². The van der Waals surface area contributed by atoms with E-state index in [4.69, 9.17) is 0 Å². The number of nitrogens with zero attached hydrogens (tertiary/aromatic N) is 1. The Morgan fingerprint density at radius 3 is 1.85 bits per heavy atom. The summed E-state index contributed by atoms with van der Waals surface area (Å²) in [6.07, 6.45) is 1.77. The smallest absolute Gasteiger partial charge is 0.0398 e. The molecule has 0 aliphatic heterocycles. The lowest BCUT2D eigenvalue weighted by molar-refractivity contribution is 1.54. The van der Waals surface area contributed by atoms with Gasteiger partial charge in [-0.1, -0.05) is 48.5 Å². The van der Waals surface area contributed by atoms with Crippen molar-refractivity contribution >= 4 is 11.5 Å². The zero-order valence-electron chi connectivity index (χ0n) is 7.21. The minimum atomic E-state index is 1.41. The van der Waals surface area contributed by atoms with Gasteiger partial charge in [-0.15, -0.1) is 0 Å². The van der Waals surface area contributed by atoms with E-state index < -0.39 is 0 Å². The summed E-state index contributed by atoms with van der Waals surface area (Å²) < 4.78 is 4.07. The van der Waals surface area contributed by atoms with Crippen LogP contribution in [-0.4, -0.2) is 4.37 Å². The van der Waals surface area contributed by atoms with E-state index in [-0.39, 0.29) is 0 Å². The Bertz CT molecular complexity index is 204. The van der Waals surface area contributed by atoms with Crippen LogP contribution in [0.2, 0.25) is 0 Å². The van der Waals surface area contributed by atoms with Crippen molar-refractivity contribution in [3.05, 3.63) is 66.2 Å². The van der Waals surface area contributed by atoms with E-state index in [1.54, 1.807) is 6.20 Å². The van der Waals surface area contributed by atoms with Crippen LogP contribution in [0.15, 0.2) is 66.2 Å². The van der Waals surface area contributed by atoms with Gasteiger partial charge in [0.25, 0.3) is 0 Å². The van der Waals surface area contributed by atoms with E-state index in [9.17, 15) is 0 Å². The zero-order valence-corrected chi connectivity index (χ0v) is 8.02. The normalized spacial score (nSPS) is 8.00. The van der Waals surface area contributed by atoms with Gasteiger partial charge in [-0.2, -0.15) is 0 Å². The summed E-state index contributed by atoms with van der Waals surface area (Å²) >= 11 is 1.41. The summed E-state index contributed by atoms with van der Waals surface area (Å²) in [6, 6.07) is 17.7. The lowest BCUT2D eigenvalue weighted by Gasteiger charge is -1.64. The van der Waals surface area contributed by atoms with E-state index in [2.05, 4.69) is 4.37 Å². The SMILES string of the molecule is c1cccccnsccccc1. The monoisotopic (exact) mass is 189 g/mol. The number of hydrogen-bond acceptors (Lipinski definition) is 2. The molecule has 0 aliphatic rings. The Hall–Kier alpha value is -1.41. The molecule has 0 amide bonds. The molecule has 0 N–H and O–H groups in total. The minimum absolute atomic E-state index is 1.41. The highest BCUT2D eigenvalue weighted by molar-refractivity contribution is 7.03. The highest BCUT2D eigenvalue weighted by Crippen LogP contribution is 1.82.